The van der Waals surface area contributed by atoms with Crippen LogP contribution in [0.15, 0.2) is 48.5 Å². The number of nitrogens with zero attached hydrogens (tertiary/aromatic N) is 2. The molecule has 0 unspecified atom stereocenters. The van der Waals surface area contributed by atoms with Crippen LogP contribution in [0.4, 0.5) is 10.1 Å². The van der Waals surface area contributed by atoms with Gasteiger partial charge in [0.15, 0.2) is 0 Å². The van der Waals surface area contributed by atoms with Crippen molar-refractivity contribution in [2.45, 2.75) is 39.8 Å². The first-order chi connectivity index (χ1) is 14.2. The van der Waals surface area contributed by atoms with Crippen LogP contribution in [0.25, 0.3) is 0 Å². The molecule has 2 aromatic carbocycles. The van der Waals surface area contributed by atoms with Crippen LogP contribution in [-0.4, -0.2) is 34.2 Å². The monoisotopic (exact) mass is 415 g/mol. The second kappa shape index (κ2) is 10.5. The number of nitro groups is 1. The zero-order valence-corrected chi connectivity index (χ0v) is 17.3. The van der Waals surface area contributed by atoms with E-state index in [2.05, 4.69) is 5.32 Å². The Morgan fingerprint density at radius 1 is 1.10 bits per heavy atom. The lowest BCUT2D eigenvalue weighted by molar-refractivity contribution is -0.385. The molecule has 0 saturated heterocycles. The standard InChI is InChI=1S/C22H26FN3O4/c1-15(2)13-24-22(28)16(3)25(14-17-8-10-19(23)11-9-17)21(27)12-18-6-4-5-7-20(18)26(29)30/h4-11,15-16H,12-14H2,1-3H3,(H,24,28)/t16-/m1/s1. The summed E-state index contributed by atoms with van der Waals surface area (Å²) < 4.78 is 13.2. The Bertz CT molecular complexity index is 900. The topological polar surface area (TPSA) is 92.6 Å². The summed E-state index contributed by atoms with van der Waals surface area (Å²) in [6, 6.07) is 10.9. The van der Waals surface area contributed by atoms with Crippen LogP contribution in [0.5, 0.6) is 0 Å². The summed E-state index contributed by atoms with van der Waals surface area (Å²) in [5, 5.41) is 14.1. The van der Waals surface area contributed by atoms with Crippen molar-refractivity contribution < 1.29 is 18.9 Å². The zero-order chi connectivity index (χ0) is 22.3. The van der Waals surface area contributed by atoms with Crippen molar-refractivity contribution in [1.82, 2.24) is 10.2 Å². The van der Waals surface area contributed by atoms with E-state index in [1.165, 1.54) is 35.2 Å². The number of amides is 2. The molecule has 30 heavy (non-hydrogen) atoms. The highest BCUT2D eigenvalue weighted by molar-refractivity contribution is 5.88. The maximum Gasteiger partial charge on any atom is 0.273 e. The number of halogens is 1. The zero-order valence-electron chi connectivity index (χ0n) is 17.3. The van der Waals surface area contributed by atoms with Gasteiger partial charge in [-0.05, 0) is 30.5 Å². The summed E-state index contributed by atoms with van der Waals surface area (Å²) in [6.45, 7) is 6.07. The largest absolute Gasteiger partial charge is 0.354 e. The number of rotatable bonds is 9. The highest BCUT2D eigenvalue weighted by atomic mass is 19.1. The van der Waals surface area contributed by atoms with Crippen LogP contribution in [0, 0.1) is 21.8 Å². The lowest BCUT2D eigenvalue weighted by Crippen LogP contribution is -2.48. The van der Waals surface area contributed by atoms with Crippen molar-refractivity contribution in [2.75, 3.05) is 6.54 Å². The maximum absolute atomic E-state index is 13.2. The lowest BCUT2D eigenvalue weighted by Gasteiger charge is -2.29. The summed E-state index contributed by atoms with van der Waals surface area (Å²) in [4.78, 5) is 37.8. The van der Waals surface area contributed by atoms with Gasteiger partial charge in [0.1, 0.15) is 11.9 Å². The van der Waals surface area contributed by atoms with Gasteiger partial charge in [-0.1, -0.05) is 44.2 Å². The van der Waals surface area contributed by atoms with Crippen LogP contribution in [0.2, 0.25) is 0 Å². The first kappa shape index (κ1) is 23.0. The lowest BCUT2D eigenvalue weighted by atomic mass is 10.1. The number of carbonyl (C=O) groups is 2. The fraction of sp³-hybridized carbons (Fsp3) is 0.364. The molecule has 0 bridgehead atoms. The molecule has 7 nitrogen and oxygen atoms in total. The van der Waals surface area contributed by atoms with Crippen molar-refractivity contribution in [1.29, 1.82) is 0 Å². The van der Waals surface area contributed by atoms with Gasteiger partial charge in [0.05, 0.1) is 11.3 Å². The van der Waals surface area contributed by atoms with E-state index in [4.69, 9.17) is 0 Å². The molecule has 0 aliphatic heterocycles. The first-order valence-electron chi connectivity index (χ1n) is 9.73. The van der Waals surface area contributed by atoms with Gasteiger partial charge in [0.2, 0.25) is 11.8 Å². The second-order valence-corrected chi connectivity index (χ2v) is 7.53. The predicted octanol–water partition coefficient (Wildman–Crippen LogP) is 3.47. The van der Waals surface area contributed by atoms with Crippen LogP contribution >= 0.6 is 0 Å². The van der Waals surface area contributed by atoms with E-state index >= 15 is 0 Å². The van der Waals surface area contributed by atoms with Crippen LogP contribution in [-0.2, 0) is 22.6 Å². The molecule has 0 radical (unpaired) electrons. The maximum atomic E-state index is 13.2. The molecule has 2 rings (SSSR count). The second-order valence-electron chi connectivity index (χ2n) is 7.53. The van der Waals surface area contributed by atoms with Crippen LogP contribution < -0.4 is 5.32 Å². The van der Waals surface area contributed by atoms with Gasteiger partial charge in [-0.2, -0.15) is 0 Å². The summed E-state index contributed by atoms with van der Waals surface area (Å²) >= 11 is 0. The van der Waals surface area contributed by atoms with Gasteiger partial charge in [-0.25, -0.2) is 4.39 Å². The van der Waals surface area contributed by atoms with Gasteiger partial charge >= 0.3 is 0 Å². The van der Waals surface area contributed by atoms with Gasteiger partial charge in [0, 0.05) is 24.7 Å². The van der Waals surface area contributed by atoms with Crippen LogP contribution in [0.3, 0.4) is 0 Å². The minimum Gasteiger partial charge on any atom is -0.354 e. The molecule has 160 valence electrons. The molecular weight excluding hydrogens is 389 g/mol. The van der Waals surface area contributed by atoms with Gasteiger partial charge < -0.3 is 10.2 Å². The molecule has 2 aromatic rings. The molecule has 0 heterocycles. The van der Waals surface area contributed by atoms with Crippen molar-refractivity contribution in [2.24, 2.45) is 5.92 Å². The average molecular weight is 415 g/mol. The predicted molar refractivity (Wildman–Crippen MR) is 111 cm³/mol. The van der Waals surface area contributed by atoms with E-state index in [-0.39, 0.29) is 36.0 Å². The number of nitrogens with one attached hydrogen (secondary N) is 1. The third-order valence-corrected chi connectivity index (χ3v) is 4.65. The number of carbonyl (C=O) groups excluding carboxylic acids is 2. The molecule has 8 heteroatoms. The van der Waals surface area contributed by atoms with E-state index in [0.717, 1.165) is 0 Å². The highest BCUT2D eigenvalue weighted by Gasteiger charge is 2.28. The Hall–Kier alpha value is -3.29. The summed E-state index contributed by atoms with van der Waals surface area (Å²) in [7, 11) is 0. The quantitative estimate of drug-likeness (QED) is 0.501. The molecule has 0 spiro atoms. The molecule has 1 N–H and O–H groups in total. The van der Waals surface area contributed by atoms with Crippen LogP contribution in [0.1, 0.15) is 31.9 Å². The number of para-hydroxylation sites is 1. The fourth-order valence-corrected chi connectivity index (χ4v) is 2.92. The highest BCUT2D eigenvalue weighted by Crippen LogP contribution is 2.20. The molecule has 0 aliphatic rings. The Morgan fingerprint density at radius 3 is 2.33 bits per heavy atom. The molecule has 0 aliphatic carbocycles. The third kappa shape index (κ3) is 6.37. The van der Waals surface area contributed by atoms with Crippen molar-refractivity contribution in [3.8, 4) is 0 Å². The van der Waals surface area contributed by atoms with E-state index in [0.29, 0.717) is 12.1 Å². The molecule has 0 saturated carbocycles. The van der Waals surface area contributed by atoms with Crippen molar-refractivity contribution in [3.63, 3.8) is 0 Å². The van der Waals surface area contributed by atoms with E-state index in [1.54, 1.807) is 25.1 Å². The molecular formula is C22H26FN3O4. The van der Waals surface area contributed by atoms with E-state index in [1.807, 2.05) is 13.8 Å². The molecule has 0 aromatic heterocycles. The Morgan fingerprint density at radius 2 is 1.73 bits per heavy atom. The number of benzene rings is 2. The Balaban J connectivity index is 2.27. The summed E-state index contributed by atoms with van der Waals surface area (Å²) in [6.07, 6.45) is -0.222. The summed E-state index contributed by atoms with van der Waals surface area (Å²) in [5.41, 5.74) is 0.770. The number of nitro benzene ring substituents is 1. The van der Waals surface area contributed by atoms with E-state index in [9.17, 15) is 24.1 Å². The summed E-state index contributed by atoms with van der Waals surface area (Å²) in [5.74, 6) is -0.906. The molecule has 0 fully saturated rings. The SMILES string of the molecule is CC(C)CNC(=O)[C@@H](C)N(Cc1ccc(F)cc1)C(=O)Cc1ccccc1[N+](=O)[O-]. The average Bonchev–Trinajstić information content (AvgIpc) is 2.71. The minimum absolute atomic E-state index is 0.0794. The first-order valence-corrected chi connectivity index (χ1v) is 9.73. The van der Waals surface area contributed by atoms with Gasteiger partial charge in [-0.15, -0.1) is 0 Å². The Kier molecular flexibility index (Phi) is 8.03. The minimum atomic E-state index is -0.802. The van der Waals surface area contributed by atoms with E-state index < -0.39 is 22.7 Å². The van der Waals surface area contributed by atoms with Gasteiger partial charge in [-0.3, -0.25) is 19.7 Å². The number of hydrogen-bond donors (Lipinski definition) is 1. The smallest absolute Gasteiger partial charge is 0.273 e. The van der Waals surface area contributed by atoms with Gasteiger partial charge in [0.25, 0.3) is 5.69 Å². The fourth-order valence-electron chi connectivity index (χ4n) is 2.92. The molecule has 2 amide bonds. The third-order valence-electron chi connectivity index (χ3n) is 4.65. The normalized spacial score (nSPS) is 11.8. The van der Waals surface area contributed by atoms with Crippen molar-refractivity contribution in [3.05, 3.63) is 75.6 Å². The Labute approximate surface area is 175 Å². The molecule has 1 atom stereocenters. The number of hydrogen-bond acceptors (Lipinski definition) is 4. The van der Waals surface area contributed by atoms with Crippen molar-refractivity contribution >= 4 is 17.5 Å².